The van der Waals surface area contributed by atoms with Crippen molar-refractivity contribution < 1.29 is 8.63 Å². The van der Waals surface area contributed by atoms with Gasteiger partial charge >= 0.3 is 0 Å². The van der Waals surface area contributed by atoms with Crippen LogP contribution in [0.3, 0.4) is 0 Å². The van der Waals surface area contributed by atoms with Crippen molar-refractivity contribution >= 4 is 10.8 Å². The highest BCUT2D eigenvalue weighted by molar-refractivity contribution is 7.85. The predicted octanol–water partition coefficient (Wildman–Crippen LogP) is 2.99. The SMILES string of the molecule is Cc1oc(-c2ccccc2)nc1CN1CCS(=O)CC1(C)C. The van der Waals surface area contributed by atoms with Gasteiger partial charge in [-0.25, -0.2) is 4.98 Å². The predicted molar refractivity (Wildman–Crippen MR) is 89.0 cm³/mol. The lowest BCUT2D eigenvalue weighted by molar-refractivity contribution is 0.131. The Hall–Kier alpha value is -1.46. The van der Waals surface area contributed by atoms with Crippen LogP contribution in [0, 0.1) is 6.92 Å². The molecule has 0 spiro atoms. The van der Waals surface area contributed by atoms with Gasteiger partial charge < -0.3 is 4.42 Å². The van der Waals surface area contributed by atoms with Gasteiger partial charge in [0.1, 0.15) is 5.76 Å². The van der Waals surface area contributed by atoms with Crippen LogP contribution in [0.25, 0.3) is 11.5 Å². The Morgan fingerprint density at radius 3 is 2.73 bits per heavy atom. The van der Waals surface area contributed by atoms with E-state index in [0.29, 0.717) is 5.89 Å². The maximum atomic E-state index is 11.8. The van der Waals surface area contributed by atoms with Gasteiger partial charge in [-0.05, 0) is 32.9 Å². The zero-order valence-corrected chi connectivity index (χ0v) is 14.2. The van der Waals surface area contributed by atoms with Crippen LogP contribution in [-0.2, 0) is 17.3 Å². The third-order valence-electron chi connectivity index (χ3n) is 4.21. The van der Waals surface area contributed by atoms with E-state index in [4.69, 9.17) is 4.42 Å². The maximum Gasteiger partial charge on any atom is 0.226 e. The van der Waals surface area contributed by atoms with Gasteiger partial charge in [0.15, 0.2) is 0 Å². The minimum absolute atomic E-state index is 0.0680. The van der Waals surface area contributed by atoms with Crippen molar-refractivity contribution in [1.82, 2.24) is 9.88 Å². The summed E-state index contributed by atoms with van der Waals surface area (Å²) in [6.07, 6.45) is 0. The molecule has 1 aliphatic heterocycles. The van der Waals surface area contributed by atoms with Gasteiger partial charge in [0.25, 0.3) is 0 Å². The number of hydrogen-bond acceptors (Lipinski definition) is 4. The Balaban J connectivity index is 1.81. The van der Waals surface area contributed by atoms with Crippen LogP contribution < -0.4 is 0 Å². The van der Waals surface area contributed by atoms with Gasteiger partial charge in [-0.2, -0.15) is 0 Å². The topological polar surface area (TPSA) is 46.3 Å². The molecule has 1 atom stereocenters. The largest absolute Gasteiger partial charge is 0.441 e. The van der Waals surface area contributed by atoms with Gasteiger partial charge in [-0.15, -0.1) is 0 Å². The van der Waals surface area contributed by atoms with Gasteiger partial charge in [0.05, 0.1) is 5.69 Å². The van der Waals surface area contributed by atoms with E-state index >= 15 is 0 Å². The molecule has 1 unspecified atom stereocenters. The molecule has 0 aliphatic carbocycles. The molecule has 3 rings (SSSR count). The number of rotatable bonds is 3. The van der Waals surface area contributed by atoms with Gasteiger partial charge in [0.2, 0.25) is 5.89 Å². The van der Waals surface area contributed by atoms with Crippen molar-refractivity contribution in [3.8, 4) is 11.5 Å². The van der Waals surface area contributed by atoms with Crippen molar-refractivity contribution in [3.05, 3.63) is 41.8 Å². The first kappa shape index (κ1) is 15.4. The first-order valence-electron chi connectivity index (χ1n) is 7.57. The van der Waals surface area contributed by atoms with E-state index in [-0.39, 0.29) is 5.54 Å². The lowest BCUT2D eigenvalue weighted by atomic mass is 10.1. The van der Waals surface area contributed by atoms with Crippen LogP contribution in [0.4, 0.5) is 0 Å². The van der Waals surface area contributed by atoms with Crippen molar-refractivity contribution in [2.45, 2.75) is 32.9 Å². The van der Waals surface area contributed by atoms with Crippen LogP contribution in [0.15, 0.2) is 34.7 Å². The molecular formula is C17H22N2O2S. The molecule has 2 heterocycles. The summed E-state index contributed by atoms with van der Waals surface area (Å²) in [5.74, 6) is 2.99. The summed E-state index contributed by atoms with van der Waals surface area (Å²) in [5.41, 5.74) is 1.90. The molecule has 4 nitrogen and oxygen atoms in total. The van der Waals surface area contributed by atoms with Crippen molar-refractivity contribution in [2.24, 2.45) is 0 Å². The Kier molecular flexibility index (Phi) is 4.19. The van der Waals surface area contributed by atoms with E-state index in [1.54, 1.807) is 0 Å². The third kappa shape index (κ3) is 3.15. The Labute approximate surface area is 134 Å². The van der Waals surface area contributed by atoms with Crippen LogP contribution >= 0.6 is 0 Å². The normalized spacial score (nSPS) is 21.9. The average molecular weight is 318 g/mol. The van der Waals surface area contributed by atoms with Crippen molar-refractivity contribution in [1.29, 1.82) is 0 Å². The highest BCUT2D eigenvalue weighted by Gasteiger charge is 2.34. The molecule has 0 saturated carbocycles. The molecular weight excluding hydrogens is 296 g/mol. The van der Waals surface area contributed by atoms with Crippen molar-refractivity contribution in [3.63, 3.8) is 0 Å². The molecule has 1 aliphatic rings. The molecule has 0 bridgehead atoms. The number of aryl methyl sites for hydroxylation is 1. The quantitative estimate of drug-likeness (QED) is 0.873. The number of nitrogens with zero attached hydrogens (tertiary/aromatic N) is 2. The van der Waals surface area contributed by atoms with E-state index in [1.807, 2.05) is 37.3 Å². The van der Waals surface area contributed by atoms with E-state index in [0.717, 1.165) is 41.6 Å². The Morgan fingerprint density at radius 1 is 1.32 bits per heavy atom. The fourth-order valence-electron chi connectivity index (χ4n) is 2.82. The van der Waals surface area contributed by atoms with Gasteiger partial charge in [-0.3, -0.25) is 9.11 Å². The zero-order valence-electron chi connectivity index (χ0n) is 13.3. The molecule has 0 N–H and O–H groups in total. The van der Waals surface area contributed by atoms with Crippen LogP contribution in [0.1, 0.15) is 25.3 Å². The smallest absolute Gasteiger partial charge is 0.226 e. The molecule has 22 heavy (non-hydrogen) atoms. The van der Waals surface area contributed by atoms with Gasteiger partial charge in [-0.1, -0.05) is 18.2 Å². The number of aromatic nitrogens is 1. The second-order valence-corrected chi connectivity index (χ2v) is 7.99. The van der Waals surface area contributed by atoms with Crippen molar-refractivity contribution in [2.75, 3.05) is 18.1 Å². The van der Waals surface area contributed by atoms with E-state index in [2.05, 4.69) is 23.7 Å². The molecule has 1 fully saturated rings. The van der Waals surface area contributed by atoms with Crippen LogP contribution in [0.2, 0.25) is 0 Å². The monoisotopic (exact) mass is 318 g/mol. The molecule has 1 aromatic carbocycles. The standard InChI is InChI=1S/C17H22N2O2S/c1-13-15(11-19-9-10-22(20)12-17(19,2)3)18-16(21-13)14-7-5-4-6-8-14/h4-8H,9-12H2,1-3H3. The molecule has 0 radical (unpaired) electrons. The van der Waals surface area contributed by atoms with Crippen LogP contribution in [-0.4, -0.2) is 37.7 Å². The highest BCUT2D eigenvalue weighted by atomic mass is 32.2. The molecule has 5 heteroatoms. The van der Waals surface area contributed by atoms with E-state index < -0.39 is 10.8 Å². The second-order valence-electron chi connectivity index (χ2n) is 6.41. The average Bonchev–Trinajstić information content (AvgIpc) is 2.84. The third-order valence-corrected chi connectivity index (χ3v) is 5.88. The summed E-state index contributed by atoms with van der Waals surface area (Å²) < 4.78 is 17.6. The molecule has 1 aromatic heterocycles. The number of oxazole rings is 1. The molecule has 2 aromatic rings. The number of benzene rings is 1. The summed E-state index contributed by atoms with van der Waals surface area (Å²) in [7, 11) is -0.704. The second kappa shape index (κ2) is 5.97. The Morgan fingerprint density at radius 2 is 2.05 bits per heavy atom. The first-order valence-corrected chi connectivity index (χ1v) is 9.06. The maximum absolute atomic E-state index is 11.8. The number of hydrogen-bond donors (Lipinski definition) is 0. The lowest BCUT2D eigenvalue weighted by Crippen LogP contribution is -2.53. The zero-order chi connectivity index (χ0) is 15.7. The molecule has 0 amide bonds. The Bertz CT molecular complexity index is 679. The lowest BCUT2D eigenvalue weighted by Gasteiger charge is -2.41. The summed E-state index contributed by atoms with van der Waals surface area (Å²) in [4.78, 5) is 7.03. The minimum Gasteiger partial charge on any atom is -0.441 e. The fraction of sp³-hybridized carbons (Fsp3) is 0.471. The fourth-order valence-corrected chi connectivity index (χ4v) is 4.36. The summed E-state index contributed by atoms with van der Waals surface area (Å²) in [5, 5.41) is 0. The van der Waals surface area contributed by atoms with Crippen LogP contribution in [0.5, 0.6) is 0 Å². The van der Waals surface area contributed by atoms with E-state index in [9.17, 15) is 4.21 Å². The molecule has 1 saturated heterocycles. The summed E-state index contributed by atoms with van der Waals surface area (Å²) in [6.45, 7) is 7.85. The summed E-state index contributed by atoms with van der Waals surface area (Å²) >= 11 is 0. The van der Waals surface area contributed by atoms with Gasteiger partial charge in [0, 0.05) is 46.5 Å². The highest BCUT2D eigenvalue weighted by Crippen LogP contribution is 2.26. The van der Waals surface area contributed by atoms with E-state index in [1.165, 1.54) is 0 Å². The first-order chi connectivity index (χ1) is 10.5. The minimum atomic E-state index is -0.704. The molecule has 118 valence electrons. The summed E-state index contributed by atoms with van der Waals surface area (Å²) in [6, 6.07) is 9.96.